The van der Waals surface area contributed by atoms with Gasteiger partial charge in [-0.2, -0.15) is 4.98 Å². The summed E-state index contributed by atoms with van der Waals surface area (Å²) in [5.41, 5.74) is 2.95. The van der Waals surface area contributed by atoms with Crippen molar-refractivity contribution in [1.29, 1.82) is 0 Å². The number of rotatable bonds is 6. The number of nitrogens with zero attached hydrogens (tertiary/aromatic N) is 4. The van der Waals surface area contributed by atoms with Crippen molar-refractivity contribution in [2.24, 2.45) is 0 Å². The molecule has 160 valence electrons. The molecule has 4 rings (SSSR count). The third-order valence-electron chi connectivity index (χ3n) is 5.40. The summed E-state index contributed by atoms with van der Waals surface area (Å²) in [6.45, 7) is 4.92. The number of hydrogen-bond donors (Lipinski definition) is 0. The molecule has 0 spiro atoms. The molecular formula is C24H26N4O3. The minimum Gasteiger partial charge on any atom is -0.496 e. The Hall–Kier alpha value is -3.61. The summed E-state index contributed by atoms with van der Waals surface area (Å²) < 4.78 is 10.5. The summed E-state index contributed by atoms with van der Waals surface area (Å²) in [6.07, 6.45) is 4.16. The van der Waals surface area contributed by atoms with E-state index in [2.05, 4.69) is 27.2 Å². The van der Waals surface area contributed by atoms with Crippen molar-refractivity contribution in [3.63, 3.8) is 0 Å². The molecule has 7 heteroatoms. The van der Waals surface area contributed by atoms with Gasteiger partial charge < -0.3 is 19.1 Å². The van der Waals surface area contributed by atoms with Gasteiger partial charge in [0.05, 0.1) is 7.11 Å². The van der Waals surface area contributed by atoms with Crippen LogP contribution in [0.15, 0.2) is 59.1 Å². The van der Waals surface area contributed by atoms with E-state index in [-0.39, 0.29) is 5.91 Å². The highest BCUT2D eigenvalue weighted by molar-refractivity contribution is 5.92. The van der Waals surface area contributed by atoms with Crippen molar-refractivity contribution in [3.8, 4) is 17.1 Å². The Morgan fingerprint density at radius 3 is 2.52 bits per heavy atom. The largest absolute Gasteiger partial charge is 0.496 e. The fraction of sp³-hybridized carbons (Fsp3) is 0.292. The molecule has 1 amide bonds. The number of piperazine rings is 1. The number of carbonyl (C=O) groups is 1. The number of para-hydroxylation sites is 1. The quantitative estimate of drug-likeness (QED) is 0.569. The second-order valence-electron chi connectivity index (χ2n) is 7.30. The van der Waals surface area contributed by atoms with E-state index in [4.69, 9.17) is 9.26 Å². The number of carbonyl (C=O) groups excluding carboxylic acids is 1. The van der Waals surface area contributed by atoms with E-state index in [9.17, 15) is 4.79 Å². The highest BCUT2D eigenvalue weighted by atomic mass is 16.5. The topological polar surface area (TPSA) is 71.7 Å². The smallest absolute Gasteiger partial charge is 0.246 e. The van der Waals surface area contributed by atoms with Gasteiger partial charge in [0.1, 0.15) is 5.75 Å². The lowest BCUT2D eigenvalue weighted by molar-refractivity contribution is -0.126. The van der Waals surface area contributed by atoms with Gasteiger partial charge in [-0.15, -0.1) is 0 Å². The third-order valence-corrected chi connectivity index (χ3v) is 5.40. The average Bonchev–Trinajstić information content (AvgIpc) is 3.32. The Morgan fingerprint density at radius 1 is 1.10 bits per heavy atom. The van der Waals surface area contributed by atoms with E-state index in [0.717, 1.165) is 42.1 Å². The summed E-state index contributed by atoms with van der Waals surface area (Å²) in [5, 5.41) is 4.02. The number of aryl methyl sites for hydroxylation is 1. The Bertz CT molecular complexity index is 1050. The number of methoxy groups -OCH3 is 1. The van der Waals surface area contributed by atoms with E-state index in [1.54, 1.807) is 13.2 Å². The first kappa shape index (κ1) is 20.7. The molecule has 0 unspecified atom stereocenters. The molecular weight excluding hydrogens is 392 g/mol. The number of hydrogen-bond acceptors (Lipinski definition) is 6. The van der Waals surface area contributed by atoms with Crippen LogP contribution in [0.2, 0.25) is 0 Å². The molecule has 2 heterocycles. The van der Waals surface area contributed by atoms with Crippen LogP contribution in [-0.2, 0) is 11.2 Å². The normalized spacial score (nSPS) is 14.3. The second-order valence-corrected chi connectivity index (χ2v) is 7.30. The van der Waals surface area contributed by atoms with Gasteiger partial charge in [0.25, 0.3) is 0 Å². The Kier molecular flexibility index (Phi) is 6.31. The molecule has 31 heavy (non-hydrogen) atoms. The molecule has 1 aromatic heterocycles. The molecule has 3 aromatic rings. The fourth-order valence-electron chi connectivity index (χ4n) is 3.59. The highest BCUT2D eigenvalue weighted by Gasteiger charge is 2.20. The predicted molar refractivity (Wildman–Crippen MR) is 120 cm³/mol. The number of anilines is 1. The zero-order valence-corrected chi connectivity index (χ0v) is 17.8. The maximum absolute atomic E-state index is 12.6. The third kappa shape index (κ3) is 4.77. The van der Waals surface area contributed by atoms with E-state index < -0.39 is 0 Å². The summed E-state index contributed by atoms with van der Waals surface area (Å²) in [7, 11) is 1.63. The van der Waals surface area contributed by atoms with E-state index >= 15 is 0 Å². The minimum atomic E-state index is 0.0183. The second kappa shape index (κ2) is 9.47. The van der Waals surface area contributed by atoms with E-state index in [1.807, 2.05) is 54.3 Å². The van der Waals surface area contributed by atoms with Gasteiger partial charge in [-0.05, 0) is 36.4 Å². The van der Waals surface area contributed by atoms with Crippen molar-refractivity contribution in [2.75, 3.05) is 38.2 Å². The maximum Gasteiger partial charge on any atom is 0.246 e. The lowest BCUT2D eigenvalue weighted by Gasteiger charge is -2.35. The van der Waals surface area contributed by atoms with Gasteiger partial charge in [0, 0.05) is 55.5 Å². The summed E-state index contributed by atoms with van der Waals surface area (Å²) in [4.78, 5) is 21.1. The Labute approximate surface area is 181 Å². The number of ether oxygens (including phenoxy) is 1. The molecule has 1 saturated heterocycles. The predicted octanol–water partition coefficient (Wildman–Crippen LogP) is 3.67. The maximum atomic E-state index is 12.6. The number of amides is 1. The van der Waals surface area contributed by atoms with Crippen LogP contribution >= 0.6 is 0 Å². The lowest BCUT2D eigenvalue weighted by atomic mass is 10.1. The van der Waals surface area contributed by atoms with Crippen molar-refractivity contribution in [2.45, 2.75) is 13.3 Å². The zero-order chi connectivity index (χ0) is 21.6. The Balaban J connectivity index is 1.34. The highest BCUT2D eigenvalue weighted by Crippen LogP contribution is 2.23. The van der Waals surface area contributed by atoms with Crippen LogP contribution in [0.1, 0.15) is 18.4 Å². The summed E-state index contributed by atoms with van der Waals surface area (Å²) in [6, 6.07) is 15.8. The van der Waals surface area contributed by atoms with Crippen molar-refractivity contribution in [1.82, 2.24) is 15.0 Å². The Morgan fingerprint density at radius 2 is 1.84 bits per heavy atom. The fourth-order valence-corrected chi connectivity index (χ4v) is 3.59. The molecule has 1 fully saturated rings. The first-order chi connectivity index (χ1) is 15.2. The minimum absolute atomic E-state index is 0.0183. The van der Waals surface area contributed by atoms with E-state index in [0.29, 0.717) is 24.8 Å². The zero-order valence-electron chi connectivity index (χ0n) is 17.8. The standard InChI is InChI=1S/C24H26N4O3/c1-3-22-25-24(26-31-22)19-8-11-20(12-9-19)27-14-16-28(17-15-27)23(29)13-10-18-6-4-5-7-21(18)30-2/h4-13H,3,14-17H2,1-2H3. The van der Waals surface area contributed by atoms with Gasteiger partial charge in [0.15, 0.2) is 0 Å². The first-order valence-electron chi connectivity index (χ1n) is 10.5. The lowest BCUT2D eigenvalue weighted by Crippen LogP contribution is -2.48. The van der Waals surface area contributed by atoms with Gasteiger partial charge >= 0.3 is 0 Å². The molecule has 2 aromatic carbocycles. The summed E-state index contributed by atoms with van der Waals surface area (Å²) in [5.74, 6) is 2.02. The van der Waals surface area contributed by atoms with Gasteiger partial charge in [-0.25, -0.2) is 0 Å². The number of aromatic nitrogens is 2. The van der Waals surface area contributed by atoms with Crippen LogP contribution in [0, 0.1) is 0 Å². The van der Waals surface area contributed by atoms with Crippen molar-refractivity contribution in [3.05, 3.63) is 66.1 Å². The molecule has 0 radical (unpaired) electrons. The van der Waals surface area contributed by atoms with Gasteiger partial charge in [0.2, 0.25) is 17.6 Å². The van der Waals surface area contributed by atoms with Crippen LogP contribution in [0.25, 0.3) is 17.5 Å². The van der Waals surface area contributed by atoms with Crippen LogP contribution in [0.4, 0.5) is 5.69 Å². The van der Waals surface area contributed by atoms with Crippen molar-refractivity contribution < 1.29 is 14.1 Å². The van der Waals surface area contributed by atoms with Gasteiger partial charge in [-0.3, -0.25) is 4.79 Å². The molecule has 1 aliphatic heterocycles. The van der Waals surface area contributed by atoms with Gasteiger partial charge in [-0.1, -0.05) is 30.3 Å². The molecule has 0 aliphatic carbocycles. The molecule has 1 aliphatic rings. The average molecular weight is 418 g/mol. The number of benzene rings is 2. The molecule has 7 nitrogen and oxygen atoms in total. The van der Waals surface area contributed by atoms with E-state index in [1.165, 1.54) is 0 Å². The summed E-state index contributed by atoms with van der Waals surface area (Å²) >= 11 is 0. The van der Waals surface area contributed by atoms with Crippen LogP contribution in [0.5, 0.6) is 5.75 Å². The molecule has 0 saturated carbocycles. The van der Waals surface area contributed by atoms with Crippen LogP contribution < -0.4 is 9.64 Å². The van der Waals surface area contributed by atoms with Crippen molar-refractivity contribution >= 4 is 17.7 Å². The van der Waals surface area contributed by atoms with Crippen LogP contribution in [0.3, 0.4) is 0 Å². The SMILES string of the molecule is CCc1nc(-c2ccc(N3CCN(C(=O)C=Cc4ccccc4OC)CC3)cc2)no1. The monoisotopic (exact) mass is 418 g/mol. The van der Waals surface area contributed by atoms with Crippen LogP contribution in [-0.4, -0.2) is 54.2 Å². The molecule has 0 N–H and O–H groups in total. The first-order valence-corrected chi connectivity index (χ1v) is 10.5. The molecule has 0 bridgehead atoms. The molecule has 0 atom stereocenters.